The van der Waals surface area contributed by atoms with E-state index < -0.39 is 11.4 Å². The molecule has 0 bridgehead atoms. The topological polar surface area (TPSA) is 71.4 Å². The first-order valence-corrected chi connectivity index (χ1v) is 2.23. The third-order valence-electron chi connectivity index (χ3n) is 0.835. The van der Waals surface area contributed by atoms with Gasteiger partial charge in [-0.25, -0.2) is 0 Å². The van der Waals surface area contributed by atoms with Crippen molar-refractivity contribution in [1.82, 2.24) is 0 Å². The highest BCUT2D eigenvalue weighted by Crippen LogP contribution is 1.96. The lowest BCUT2D eigenvalue weighted by molar-refractivity contribution is -0.146. The van der Waals surface area contributed by atoms with Crippen LogP contribution >= 0.6 is 0 Å². The van der Waals surface area contributed by atoms with E-state index in [0.29, 0.717) is 0 Å². The highest BCUT2D eigenvalue weighted by atomic mass is 16.3. The Balaban J connectivity index is 4.31. The van der Waals surface area contributed by atoms with Gasteiger partial charge >= 0.3 is 0 Å². The van der Waals surface area contributed by atoms with Gasteiger partial charge in [0.1, 0.15) is 0 Å². The molecule has 1 unspecified atom stereocenters. The zero-order valence-electron chi connectivity index (χ0n) is 4.83. The second-order valence-corrected chi connectivity index (χ2v) is 1.75. The van der Waals surface area contributed by atoms with Gasteiger partial charge in [-0.3, -0.25) is 14.4 Å². The summed E-state index contributed by atoms with van der Waals surface area (Å²) in [5, 5.41) is 8.64. The minimum absolute atomic E-state index is 0.0176. The van der Waals surface area contributed by atoms with Gasteiger partial charge in [0.15, 0.2) is 18.2 Å². The lowest BCUT2D eigenvalue weighted by atomic mass is 10.1. The van der Waals surface area contributed by atoms with Crippen LogP contribution < -0.4 is 0 Å². The molecule has 0 spiro atoms. The summed E-state index contributed by atoms with van der Waals surface area (Å²) in [6, 6.07) is 0. The van der Waals surface area contributed by atoms with Crippen molar-refractivity contribution < 1.29 is 19.5 Å². The van der Waals surface area contributed by atoms with Crippen molar-refractivity contribution in [2.45, 2.75) is 12.5 Å². The molecule has 1 N–H and O–H groups in total. The van der Waals surface area contributed by atoms with Crippen molar-refractivity contribution in [1.29, 1.82) is 0 Å². The molecular weight excluding hydrogens is 124 g/mol. The largest absolute Gasteiger partial charge is 0.375 e. The van der Waals surface area contributed by atoms with Crippen LogP contribution in [-0.4, -0.2) is 29.1 Å². The fraction of sp³-hybridized carbons (Fsp3) is 0.400. The minimum Gasteiger partial charge on any atom is -0.375 e. The summed E-state index contributed by atoms with van der Waals surface area (Å²) in [5.41, 5.74) is -2.14. The van der Waals surface area contributed by atoms with Crippen LogP contribution in [0.5, 0.6) is 0 Å². The number of Topliss-reactive ketones (excluding diaryl/α,β-unsaturated/α-hetero) is 1. The van der Waals surface area contributed by atoms with E-state index >= 15 is 0 Å². The average Bonchev–Trinajstić information content (AvgIpc) is 1.86. The summed E-state index contributed by atoms with van der Waals surface area (Å²) in [6.45, 7) is 0.955. The summed E-state index contributed by atoms with van der Waals surface area (Å²) >= 11 is 0. The first-order valence-electron chi connectivity index (χ1n) is 2.23. The maximum absolute atomic E-state index is 10.2. The summed E-state index contributed by atoms with van der Waals surface area (Å²) in [6.07, 6.45) is -0.0713. The molecule has 0 saturated heterocycles. The molecule has 0 aromatic heterocycles. The molecule has 1 atom stereocenters. The van der Waals surface area contributed by atoms with Crippen LogP contribution in [0.1, 0.15) is 6.92 Å². The van der Waals surface area contributed by atoms with E-state index in [1.807, 2.05) is 0 Å². The Morgan fingerprint density at radius 1 is 1.56 bits per heavy atom. The zero-order chi connectivity index (χ0) is 7.49. The smallest absolute Gasteiger partial charge is 0.233 e. The van der Waals surface area contributed by atoms with E-state index in [0.717, 1.165) is 6.92 Å². The molecule has 0 saturated carbocycles. The Morgan fingerprint density at radius 3 is 2.11 bits per heavy atom. The first kappa shape index (κ1) is 7.97. The minimum atomic E-state index is -2.14. The van der Waals surface area contributed by atoms with E-state index in [1.165, 1.54) is 0 Å². The van der Waals surface area contributed by atoms with Crippen molar-refractivity contribution in [3.05, 3.63) is 0 Å². The monoisotopic (exact) mass is 130 g/mol. The molecule has 0 amide bonds. The van der Waals surface area contributed by atoms with Crippen LogP contribution in [0.2, 0.25) is 0 Å². The number of aldehydes is 2. The van der Waals surface area contributed by atoms with Crippen LogP contribution in [-0.2, 0) is 14.4 Å². The normalized spacial score (nSPS) is 15.8. The van der Waals surface area contributed by atoms with E-state index in [2.05, 4.69) is 0 Å². The second kappa shape index (κ2) is 2.50. The van der Waals surface area contributed by atoms with E-state index in [9.17, 15) is 14.4 Å². The summed E-state index contributed by atoms with van der Waals surface area (Å²) in [7, 11) is 0. The number of aliphatic hydroxyl groups is 1. The molecule has 0 heterocycles. The van der Waals surface area contributed by atoms with E-state index in [-0.39, 0.29) is 12.6 Å². The van der Waals surface area contributed by atoms with Gasteiger partial charge in [0.2, 0.25) is 5.78 Å². The summed E-state index contributed by atoms with van der Waals surface area (Å²) < 4.78 is 0. The number of hydrogen-bond acceptors (Lipinski definition) is 4. The molecule has 0 radical (unpaired) electrons. The quantitative estimate of drug-likeness (QED) is 0.293. The van der Waals surface area contributed by atoms with Crippen molar-refractivity contribution in [3.63, 3.8) is 0 Å². The van der Waals surface area contributed by atoms with Crippen molar-refractivity contribution >= 4 is 18.4 Å². The standard InChI is InChI=1S/C5H6O4/c1-5(9,3-7)4(8)2-6/h2-3,9H,1H3. The Hall–Kier alpha value is -1.03. The molecular formula is C5H6O4. The van der Waals surface area contributed by atoms with Crippen LogP contribution in [0.25, 0.3) is 0 Å². The molecule has 9 heavy (non-hydrogen) atoms. The van der Waals surface area contributed by atoms with E-state index in [1.54, 1.807) is 0 Å². The molecule has 0 aliphatic carbocycles. The van der Waals surface area contributed by atoms with Gasteiger partial charge in [-0.05, 0) is 6.92 Å². The van der Waals surface area contributed by atoms with Crippen LogP contribution in [0.3, 0.4) is 0 Å². The van der Waals surface area contributed by atoms with E-state index in [4.69, 9.17) is 5.11 Å². The Labute approximate surface area is 51.5 Å². The van der Waals surface area contributed by atoms with Gasteiger partial charge in [0.25, 0.3) is 0 Å². The maximum atomic E-state index is 10.2. The second-order valence-electron chi connectivity index (χ2n) is 1.75. The lowest BCUT2D eigenvalue weighted by Crippen LogP contribution is -2.37. The molecule has 0 fully saturated rings. The fourth-order valence-electron chi connectivity index (χ4n) is 0.177. The molecule has 0 aromatic carbocycles. The van der Waals surface area contributed by atoms with Gasteiger partial charge in [0.05, 0.1) is 0 Å². The van der Waals surface area contributed by atoms with Gasteiger partial charge in [0, 0.05) is 0 Å². The number of hydrogen-bond donors (Lipinski definition) is 1. The zero-order valence-corrected chi connectivity index (χ0v) is 4.83. The van der Waals surface area contributed by atoms with Crippen molar-refractivity contribution in [3.8, 4) is 0 Å². The van der Waals surface area contributed by atoms with Crippen LogP contribution in [0.15, 0.2) is 0 Å². The lowest BCUT2D eigenvalue weighted by Gasteiger charge is -2.07. The molecule has 0 aromatic rings. The number of rotatable bonds is 3. The predicted octanol–water partition coefficient (Wildman–Crippen LogP) is -1.30. The third-order valence-corrected chi connectivity index (χ3v) is 0.835. The molecule has 4 nitrogen and oxygen atoms in total. The highest BCUT2D eigenvalue weighted by Gasteiger charge is 2.28. The first-order chi connectivity index (χ1) is 4.04. The number of carbonyl (C=O) groups excluding carboxylic acids is 3. The van der Waals surface area contributed by atoms with Gasteiger partial charge in [-0.2, -0.15) is 0 Å². The molecule has 50 valence electrons. The third kappa shape index (κ3) is 1.73. The molecule has 4 heteroatoms. The SMILES string of the molecule is CC(O)(C=O)C(=O)C=O. The predicted molar refractivity (Wildman–Crippen MR) is 27.8 cm³/mol. The number of carbonyl (C=O) groups is 3. The average molecular weight is 130 g/mol. The maximum Gasteiger partial charge on any atom is 0.233 e. The molecule has 0 aliphatic heterocycles. The number of ketones is 1. The molecule has 0 aliphatic rings. The highest BCUT2D eigenvalue weighted by molar-refractivity contribution is 6.32. The Bertz CT molecular complexity index is 147. The summed E-state index contributed by atoms with van der Waals surface area (Å²) in [5.74, 6) is -1.13. The Kier molecular flexibility index (Phi) is 2.21. The van der Waals surface area contributed by atoms with Crippen LogP contribution in [0, 0.1) is 0 Å². The summed E-state index contributed by atoms with van der Waals surface area (Å²) in [4.78, 5) is 29.7. The van der Waals surface area contributed by atoms with Gasteiger partial charge in [-0.15, -0.1) is 0 Å². The van der Waals surface area contributed by atoms with Crippen molar-refractivity contribution in [2.24, 2.45) is 0 Å². The van der Waals surface area contributed by atoms with Crippen LogP contribution in [0.4, 0.5) is 0 Å². The Morgan fingerprint density at radius 2 is 2.00 bits per heavy atom. The fourth-order valence-corrected chi connectivity index (χ4v) is 0.177. The van der Waals surface area contributed by atoms with Crippen molar-refractivity contribution in [2.75, 3.05) is 0 Å². The van der Waals surface area contributed by atoms with Gasteiger partial charge < -0.3 is 5.11 Å². The molecule has 0 rings (SSSR count). The van der Waals surface area contributed by atoms with Gasteiger partial charge in [-0.1, -0.05) is 0 Å².